The highest BCUT2D eigenvalue weighted by Gasteiger charge is 2.18. The zero-order valence-corrected chi connectivity index (χ0v) is 14.2. The number of rotatable bonds is 2. The molecule has 0 fully saturated rings. The van der Waals surface area contributed by atoms with E-state index in [2.05, 4.69) is 15.3 Å². The van der Waals surface area contributed by atoms with Crippen molar-refractivity contribution < 1.29 is 9.53 Å². The fourth-order valence-corrected chi connectivity index (χ4v) is 2.38. The minimum Gasteiger partial charge on any atom is -0.444 e. The van der Waals surface area contributed by atoms with Crippen molar-refractivity contribution in [3.05, 3.63) is 48.4 Å². The molecule has 3 aromatic rings. The number of amides is 1. The molecule has 124 valence electrons. The molecule has 0 unspecified atom stereocenters. The maximum atomic E-state index is 12.0. The molecule has 24 heavy (non-hydrogen) atoms. The Morgan fingerprint density at radius 1 is 1.12 bits per heavy atom. The average molecular weight is 324 g/mol. The van der Waals surface area contributed by atoms with Gasteiger partial charge in [0.25, 0.3) is 0 Å². The number of carbonyl (C=O) groups is 1. The Labute approximate surface area is 140 Å². The number of hydrogen-bond acceptors (Lipinski definition) is 4. The summed E-state index contributed by atoms with van der Waals surface area (Å²) < 4.78 is 7.15. The smallest absolute Gasteiger partial charge is 0.413 e. The van der Waals surface area contributed by atoms with Gasteiger partial charge in [-0.15, -0.1) is 0 Å². The van der Waals surface area contributed by atoms with Crippen LogP contribution in [0.1, 0.15) is 26.5 Å². The van der Waals surface area contributed by atoms with E-state index in [1.54, 1.807) is 6.20 Å². The SMILES string of the molecule is Cc1cn2cc(NC(=O)OC(C)(C)C)nc(-c3ccccc3)c2n1. The van der Waals surface area contributed by atoms with Gasteiger partial charge in [-0.25, -0.2) is 14.8 Å². The second-order valence-corrected chi connectivity index (χ2v) is 6.58. The van der Waals surface area contributed by atoms with Crippen LogP contribution in [0.4, 0.5) is 10.6 Å². The van der Waals surface area contributed by atoms with Crippen LogP contribution in [0.15, 0.2) is 42.7 Å². The summed E-state index contributed by atoms with van der Waals surface area (Å²) in [4.78, 5) is 21.1. The Hall–Kier alpha value is -2.89. The molecule has 0 radical (unpaired) electrons. The molecule has 0 aliphatic carbocycles. The largest absolute Gasteiger partial charge is 0.444 e. The fourth-order valence-electron chi connectivity index (χ4n) is 2.38. The van der Waals surface area contributed by atoms with E-state index in [-0.39, 0.29) is 0 Å². The van der Waals surface area contributed by atoms with E-state index in [1.807, 2.05) is 68.6 Å². The zero-order valence-electron chi connectivity index (χ0n) is 14.2. The Bertz CT molecular complexity index is 879. The first-order chi connectivity index (χ1) is 11.3. The Morgan fingerprint density at radius 2 is 1.83 bits per heavy atom. The van der Waals surface area contributed by atoms with Crippen LogP contribution in [0.3, 0.4) is 0 Å². The van der Waals surface area contributed by atoms with Crippen molar-refractivity contribution in [2.24, 2.45) is 0 Å². The molecule has 1 N–H and O–H groups in total. The van der Waals surface area contributed by atoms with Crippen LogP contribution >= 0.6 is 0 Å². The standard InChI is InChI=1S/C18H20N4O2/c1-12-10-22-11-14(21-17(23)24-18(2,3)4)20-15(16(22)19-12)13-8-6-5-7-9-13/h5-11H,1-4H3,(H,21,23). The number of aromatic nitrogens is 3. The predicted molar refractivity (Wildman–Crippen MR) is 93.0 cm³/mol. The summed E-state index contributed by atoms with van der Waals surface area (Å²) in [6.07, 6.45) is 3.08. The second-order valence-electron chi connectivity index (χ2n) is 6.58. The van der Waals surface area contributed by atoms with Crippen LogP contribution < -0.4 is 5.32 Å². The van der Waals surface area contributed by atoms with Crippen molar-refractivity contribution >= 4 is 17.6 Å². The number of hydrogen-bond donors (Lipinski definition) is 1. The number of anilines is 1. The zero-order chi connectivity index (χ0) is 17.3. The summed E-state index contributed by atoms with van der Waals surface area (Å²) in [7, 11) is 0. The first-order valence-corrected chi connectivity index (χ1v) is 7.73. The van der Waals surface area contributed by atoms with E-state index < -0.39 is 11.7 Å². The van der Waals surface area contributed by atoms with Crippen molar-refractivity contribution in [1.29, 1.82) is 0 Å². The van der Waals surface area contributed by atoms with E-state index in [0.717, 1.165) is 16.9 Å². The topological polar surface area (TPSA) is 68.5 Å². The summed E-state index contributed by atoms with van der Waals surface area (Å²) in [5.74, 6) is 0.410. The third-order valence-electron chi connectivity index (χ3n) is 3.23. The molecule has 2 aromatic heterocycles. The third-order valence-corrected chi connectivity index (χ3v) is 3.23. The molecule has 0 saturated carbocycles. The monoisotopic (exact) mass is 324 g/mol. The summed E-state index contributed by atoms with van der Waals surface area (Å²) in [6.45, 7) is 7.37. The van der Waals surface area contributed by atoms with Gasteiger partial charge in [0.2, 0.25) is 0 Å². The lowest BCUT2D eigenvalue weighted by molar-refractivity contribution is 0.0635. The lowest BCUT2D eigenvalue weighted by Gasteiger charge is -2.19. The van der Waals surface area contributed by atoms with Crippen LogP contribution in [0.5, 0.6) is 0 Å². The van der Waals surface area contributed by atoms with Gasteiger partial charge in [0.05, 0.1) is 11.9 Å². The number of aryl methyl sites for hydroxylation is 1. The van der Waals surface area contributed by atoms with E-state index in [4.69, 9.17) is 4.74 Å². The highest BCUT2D eigenvalue weighted by molar-refractivity contribution is 5.85. The molecule has 1 aromatic carbocycles. The number of fused-ring (bicyclic) bond motifs is 1. The molecule has 6 nitrogen and oxygen atoms in total. The summed E-state index contributed by atoms with van der Waals surface area (Å²) in [5, 5.41) is 2.69. The highest BCUT2D eigenvalue weighted by Crippen LogP contribution is 2.24. The van der Waals surface area contributed by atoms with E-state index in [0.29, 0.717) is 11.5 Å². The summed E-state index contributed by atoms with van der Waals surface area (Å²) in [5.41, 5.74) is 2.69. The number of nitrogens with one attached hydrogen (secondary N) is 1. The molecule has 0 saturated heterocycles. The molecule has 0 spiro atoms. The highest BCUT2D eigenvalue weighted by atomic mass is 16.6. The lowest BCUT2D eigenvalue weighted by Crippen LogP contribution is -2.27. The van der Waals surface area contributed by atoms with Gasteiger partial charge in [-0.05, 0) is 27.7 Å². The fraction of sp³-hybridized carbons (Fsp3) is 0.278. The molecule has 0 atom stereocenters. The molecule has 0 bridgehead atoms. The quantitative estimate of drug-likeness (QED) is 0.772. The van der Waals surface area contributed by atoms with Gasteiger partial charge < -0.3 is 9.14 Å². The van der Waals surface area contributed by atoms with Gasteiger partial charge in [0, 0.05) is 11.8 Å². The number of benzene rings is 1. The molecule has 0 aliphatic rings. The summed E-state index contributed by atoms with van der Waals surface area (Å²) >= 11 is 0. The minimum absolute atomic E-state index is 0.410. The van der Waals surface area contributed by atoms with E-state index in [9.17, 15) is 4.79 Å². The van der Waals surface area contributed by atoms with Crippen molar-refractivity contribution in [3.63, 3.8) is 0 Å². The molecule has 2 heterocycles. The molecule has 6 heteroatoms. The Morgan fingerprint density at radius 3 is 2.50 bits per heavy atom. The molecular formula is C18H20N4O2. The molecule has 3 rings (SSSR count). The maximum absolute atomic E-state index is 12.0. The van der Waals surface area contributed by atoms with Crippen LogP contribution in [0.2, 0.25) is 0 Å². The number of imidazole rings is 1. The van der Waals surface area contributed by atoms with Crippen LogP contribution in [0, 0.1) is 6.92 Å². The van der Waals surface area contributed by atoms with Gasteiger partial charge >= 0.3 is 6.09 Å². The first-order valence-electron chi connectivity index (χ1n) is 7.73. The predicted octanol–water partition coefficient (Wildman–Crippen LogP) is 4.05. The molecule has 0 aliphatic heterocycles. The second kappa shape index (κ2) is 5.96. The Kier molecular flexibility index (Phi) is 3.97. The van der Waals surface area contributed by atoms with Crippen molar-refractivity contribution in [2.75, 3.05) is 5.32 Å². The molecule has 1 amide bonds. The molecular weight excluding hydrogens is 304 g/mol. The number of ether oxygens (including phenoxy) is 1. The van der Waals surface area contributed by atoms with Crippen LogP contribution in [-0.2, 0) is 4.74 Å². The van der Waals surface area contributed by atoms with Gasteiger partial charge in [-0.2, -0.15) is 0 Å². The Balaban J connectivity index is 2.03. The van der Waals surface area contributed by atoms with Gasteiger partial charge in [0.1, 0.15) is 11.3 Å². The normalized spacial score (nSPS) is 11.5. The van der Waals surface area contributed by atoms with Gasteiger partial charge in [-0.1, -0.05) is 30.3 Å². The van der Waals surface area contributed by atoms with Gasteiger partial charge in [0.15, 0.2) is 11.5 Å². The number of carbonyl (C=O) groups excluding carboxylic acids is 1. The average Bonchev–Trinajstić information content (AvgIpc) is 2.85. The van der Waals surface area contributed by atoms with Crippen LogP contribution in [-0.4, -0.2) is 26.1 Å². The minimum atomic E-state index is -0.567. The number of nitrogens with zero attached hydrogens (tertiary/aromatic N) is 3. The third kappa shape index (κ3) is 3.53. The maximum Gasteiger partial charge on any atom is 0.413 e. The van der Waals surface area contributed by atoms with E-state index >= 15 is 0 Å². The van der Waals surface area contributed by atoms with Crippen molar-refractivity contribution in [1.82, 2.24) is 14.4 Å². The van der Waals surface area contributed by atoms with E-state index in [1.165, 1.54) is 0 Å². The van der Waals surface area contributed by atoms with Crippen molar-refractivity contribution in [3.8, 4) is 11.3 Å². The van der Waals surface area contributed by atoms with Crippen molar-refractivity contribution in [2.45, 2.75) is 33.3 Å². The summed E-state index contributed by atoms with van der Waals surface area (Å²) in [6, 6.07) is 9.75. The van der Waals surface area contributed by atoms with Gasteiger partial charge in [-0.3, -0.25) is 5.32 Å². The lowest BCUT2D eigenvalue weighted by atomic mass is 10.1. The van der Waals surface area contributed by atoms with Crippen LogP contribution in [0.25, 0.3) is 16.9 Å². The first kappa shape index (κ1) is 16.0.